The van der Waals surface area contributed by atoms with Gasteiger partial charge in [0, 0.05) is 17.5 Å². The van der Waals surface area contributed by atoms with E-state index < -0.39 is 6.10 Å². The van der Waals surface area contributed by atoms with Crippen molar-refractivity contribution >= 4 is 0 Å². The first-order valence-electron chi connectivity index (χ1n) is 5.87. The van der Waals surface area contributed by atoms with E-state index in [1.807, 2.05) is 44.2 Å². The van der Waals surface area contributed by atoms with E-state index in [0.717, 1.165) is 28.1 Å². The van der Waals surface area contributed by atoms with E-state index in [0.29, 0.717) is 0 Å². The Hall–Kier alpha value is -1.87. The second-order valence-electron chi connectivity index (χ2n) is 4.36. The molecular formula is C15H17NO2. The van der Waals surface area contributed by atoms with Crippen molar-refractivity contribution in [2.24, 2.45) is 0 Å². The summed E-state index contributed by atoms with van der Waals surface area (Å²) in [5, 5.41) is 10.3. The van der Waals surface area contributed by atoms with Crippen LogP contribution in [0, 0.1) is 13.8 Å². The molecule has 1 aromatic heterocycles. The molecule has 0 saturated heterocycles. The summed E-state index contributed by atoms with van der Waals surface area (Å²) in [5.41, 5.74) is 3.62. The van der Waals surface area contributed by atoms with Crippen LogP contribution in [0.4, 0.5) is 0 Å². The second kappa shape index (κ2) is 5.19. The minimum atomic E-state index is -0.649. The third-order valence-corrected chi connectivity index (χ3v) is 3.02. The molecule has 3 nitrogen and oxygen atoms in total. The molecule has 0 saturated carbocycles. The lowest BCUT2D eigenvalue weighted by Gasteiger charge is -2.15. The summed E-state index contributed by atoms with van der Waals surface area (Å²) in [5.74, 6) is 0.797. The van der Waals surface area contributed by atoms with Crippen LogP contribution >= 0.6 is 0 Å². The number of nitrogens with zero attached hydrogens (tertiary/aromatic N) is 1. The molecule has 0 spiro atoms. The summed E-state index contributed by atoms with van der Waals surface area (Å²) in [4.78, 5) is 4.20. The van der Waals surface area contributed by atoms with Gasteiger partial charge in [-0.05, 0) is 43.2 Å². The molecule has 94 valence electrons. The molecule has 2 aromatic rings. The summed E-state index contributed by atoms with van der Waals surface area (Å²) in [6, 6.07) is 9.46. The highest BCUT2D eigenvalue weighted by atomic mass is 16.5. The molecular weight excluding hydrogens is 226 g/mol. The van der Waals surface area contributed by atoms with E-state index in [2.05, 4.69) is 4.98 Å². The fourth-order valence-electron chi connectivity index (χ4n) is 1.90. The number of aromatic nitrogens is 1. The van der Waals surface area contributed by atoms with Crippen LogP contribution in [0.5, 0.6) is 5.75 Å². The van der Waals surface area contributed by atoms with Gasteiger partial charge < -0.3 is 9.84 Å². The van der Waals surface area contributed by atoms with Crippen LogP contribution < -0.4 is 4.74 Å². The highest BCUT2D eigenvalue weighted by Gasteiger charge is 2.13. The van der Waals surface area contributed by atoms with Crippen molar-refractivity contribution < 1.29 is 9.84 Å². The second-order valence-corrected chi connectivity index (χ2v) is 4.36. The topological polar surface area (TPSA) is 42.4 Å². The lowest BCUT2D eigenvalue weighted by Crippen LogP contribution is -2.03. The van der Waals surface area contributed by atoms with E-state index in [4.69, 9.17) is 4.74 Å². The first-order chi connectivity index (χ1) is 8.61. The van der Waals surface area contributed by atoms with Gasteiger partial charge in [0.1, 0.15) is 11.9 Å². The lowest BCUT2D eigenvalue weighted by molar-refractivity contribution is 0.219. The maximum atomic E-state index is 10.3. The Morgan fingerprint density at radius 1 is 1.17 bits per heavy atom. The van der Waals surface area contributed by atoms with Gasteiger partial charge in [-0.15, -0.1) is 0 Å². The van der Waals surface area contributed by atoms with Crippen LogP contribution in [-0.4, -0.2) is 17.2 Å². The Kier molecular flexibility index (Phi) is 3.63. The van der Waals surface area contributed by atoms with Gasteiger partial charge in [0.05, 0.1) is 7.11 Å². The Bertz CT molecular complexity index is 535. The zero-order valence-electron chi connectivity index (χ0n) is 10.8. The van der Waals surface area contributed by atoms with Crippen LogP contribution in [0.1, 0.15) is 28.5 Å². The van der Waals surface area contributed by atoms with Gasteiger partial charge in [-0.3, -0.25) is 4.98 Å². The summed E-state index contributed by atoms with van der Waals surface area (Å²) in [6.07, 6.45) is 1.06. The van der Waals surface area contributed by atoms with Gasteiger partial charge in [0.2, 0.25) is 0 Å². The average molecular weight is 243 g/mol. The van der Waals surface area contributed by atoms with Crippen molar-refractivity contribution in [2.75, 3.05) is 7.11 Å². The highest BCUT2D eigenvalue weighted by molar-refractivity contribution is 5.39. The minimum absolute atomic E-state index is 0.649. The third-order valence-electron chi connectivity index (χ3n) is 3.02. The van der Waals surface area contributed by atoms with Gasteiger partial charge in [-0.1, -0.05) is 12.1 Å². The van der Waals surface area contributed by atoms with E-state index in [1.54, 1.807) is 13.3 Å². The lowest BCUT2D eigenvalue weighted by atomic mass is 9.98. The zero-order chi connectivity index (χ0) is 13.1. The Labute approximate surface area is 107 Å². The van der Waals surface area contributed by atoms with Gasteiger partial charge >= 0.3 is 0 Å². The van der Waals surface area contributed by atoms with Crippen LogP contribution in [0.15, 0.2) is 36.5 Å². The summed E-state index contributed by atoms with van der Waals surface area (Å²) in [7, 11) is 1.63. The molecule has 0 aliphatic heterocycles. The number of hydrogen-bond donors (Lipinski definition) is 1. The molecule has 2 rings (SSSR count). The van der Waals surface area contributed by atoms with Crippen molar-refractivity contribution in [3.05, 3.63) is 58.9 Å². The maximum Gasteiger partial charge on any atom is 0.119 e. The number of benzene rings is 1. The van der Waals surface area contributed by atoms with E-state index in [9.17, 15) is 5.11 Å². The number of aliphatic hydroxyl groups excluding tert-OH is 1. The van der Waals surface area contributed by atoms with E-state index >= 15 is 0 Å². The maximum absolute atomic E-state index is 10.3. The normalized spacial score (nSPS) is 12.2. The molecule has 1 aromatic carbocycles. The predicted octanol–water partition coefficient (Wildman–Crippen LogP) is 2.79. The van der Waals surface area contributed by atoms with Gasteiger partial charge in [0.15, 0.2) is 0 Å². The van der Waals surface area contributed by atoms with Crippen LogP contribution in [0.25, 0.3) is 0 Å². The Balaban J connectivity index is 2.33. The van der Waals surface area contributed by atoms with Gasteiger partial charge in [0.25, 0.3) is 0 Å². The fourth-order valence-corrected chi connectivity index (χ4v) is 1.90. The van der Waals surface area contributed by atoms with Crippen molar-refractivity contribution in [3.63, 3.8) is 0 Å². The van der Waals surface area contributed by atoms with Crippen LogP contribution in [0.3, 0.4) is 0 Å². The predicted molar refractivity (Wildman–Crippen MR) is 70.8 cm³/mol. The molecule has 3 heteroatoms. The van der Waals surface area contributed by atoms with Gasteiger partial charge in [-0.2, -0.15) is 0 Å². The SMILES string of the molecule is COc1ccc(C(O)c2ccc(C)nc2)c(C)c1. The molecule has 0 amide bonds. The van der Waals surface area contributed by atoms with Gasteiger partial charge in [-0.25, -0.2) is 0 Å². The monoisotopic (exact) mass is 243 g/mol. The summed E-state index contributed by atoms with van der Waals surface area (Å²) < 4.78 is 5.16. The number of aliphatic hydroxyl groups is 1. The standard InChI is InChI=1S/C15H17NO2/c1-10-8-13(18-3)6-7-14(10)15(17)12-5-4-11(2)16-9-12/h4-9,15,17H,1-3H3. The molecule has 1 N–H and O–H groups in total. The number of hydrogen-bond acceptors (Lipinski definition) is 3. The molecule has 1 atom stereocenters. The molecule has 0 bridgehead atoms. The van der Waals surface area contributed by atoms with Crippen LogP contribution in [-0.2, 0) is 0 Å². The number of ether oxygens (including phenoxy) is 1. The fraction of sp³-hybridized carbons (Fsp3) is 0.267. The molecule has 0 aliphatic rings. The van der Waals surface area contributed by atoms with E-state index in [1.165, 1.54) is 0 Å². The number of pyridine rings is 1. The van der Waals surface area contributed by atoms with Crippen molar-refractivity contribution in [3.8, 4) is 5.75 Å². The first-order valence-corrected chi connectivity index (χ1v) is 5.87. The molecule has 18 heavy (non-hydrogen) atoms. The van der Waals surface area contributed by atoms with Crippen molar-refractivity contribution in [2.45, 2.75) is 20.0 Å². The Morgan fingerprint density at radius 2 is 1.94 bits per heavy atom. The van der Waals surface area contributed by atoms with E-state index in [-0.39, 0.29) is 0 Å². The number of aryl methyl sites for hydroxylation is 2. The minimum Gasteiger partial charge on any atom is -0.497 e. The quantitative estimate of drug-likeness (QED) is 0.901. The average Bonchev–Trinajstić information content (AvgIpc) is 2.38. The smallest absolute Gasteiger partial charge is 0.119 e. The molecule has 0 fully saturated rings. The van der Waals surface area contributed by atoms with Crippen LogP contribution in [0.2, 0.25) is 0 Å². The molecule has 0 radical (unpaired) electrons. The Morgan fingerprint density at radius 3 is 2.50 bits per heavy atom. The molecule has 0 aliphatic carbocycles. The first kappa shape index (κ1) is 12.6. The summed E-state index contributed by atoms with van der Waals surface area (Å²) >= 11 is 0. The van der Waals surface area contributed by atoms with Crippen molar-refractivity contribution in [1.29, 1.82) is 0 Å². The zero-order valence-corrected chi connectivity index (χ0v) is 10.8. The molecule has 1 heterocycles. The summed E-state index contributed by atoms with van der Waals surface area (Å²) in [6.45, 7) is 3.89. The number of methoxy groups -OCH3 is 1. The molecule has 1 unspecified atom stereocenters. The number of rotatable bonds is 3. The highest BCUT2D eigenvalue weighted by Crippen LogP contribution is 2.27. The van der Waals surface area contributed by atoms with Crippen molar-refractivity contribution in [1.82, 2.24) is 4.98 Å². The largest absolute Gasteiger partial charge is 0.497 e. The third kappa shape index (κ3) is 2.51.